The van der Waals surface area contributed by atoms with Gasteiger partial charge in [0.2, 0.25) is 0 Å². The number of nitro groups is 1. The number of methoxy groups -OCH3 is 1. The molecule has 0 aliphatic rings. The summed E-state index contributed by atoms with van der Waals surface area (Å²) < 4.78 is 10.3. The van der Waals surface area contributed by atoms with E-state index in [-0.39, 0.29) is 22.9 Å². The zero-order valence-corrected chi connectivity index (χ0v) is 15.5. The van der Waals surface area contributed by atoms with E-state index in [0.717, 1.165) is 0 Å². The molecule has 9 heteroatoms. The summed E-state index contributed by atoms with van der Waals surface area (Å²) >= 11 is 0. The molecule has 28 heavy (non-hydrogen) atoms. The maximum Gasteiger partial charge on any atom is 0.310 e. The Labute approximate surface area is 161 Å². The second-order valence-electron chi connectivity index (χ2n) is 5.77. The van der Waals surface area contributed by atoms with Gasteiger partial charge in [0.05, 0.1) is 22.8 Å². The number of carbonyl (C=O) groups excluding carboxylic acids is 2. The molecule has 1 unspecified atom stereocenters. The van der Waals surface area contributed by atoms with Crippen LogP contribution in [0.3, 0.4) is 0 Å². The molecule has 0 bridgehead atoms. The molecule has 0 radical (unpaired) electrons. The molecule has 0 saturated heterocycles. The number of anilines is 1. The third-order valence-electron chi connectivity index (χ3n) is 3.76. The lowest BCUT2D eigenvalue weighted by Crippen LogP contribution is -2.32. The minimum absolute atomic E-state index is 0.0132. The molecule has 0 aliphatic heterocycles. The van der Waals surface area contributed by atoms with E-state index in [4.69, 9.17) is 9.47 Å². The van der Waals surface area contributed by atoms with E-state index in [1.165, 1.54) is 32.2 Å². The third kappa shape index (κ3) is 5.52. The molecule has 9 nitrogen and oxygen atoms in total. The Hall–Kier alpha value is -3.46. The van der Waals surface area contributed by atoms with Gasteiger partial charge in [0, 0.05) is 19.7 Å². The molecule has 0 heterocycles. The lowest BCUT2D eigenvalue weighted by molar-refractivity contribution is -0.386. The summed E-state index contributed by atoms with van der Waals surface area (Å²) in [5.74, 6) is -0.920. The van der Waals surface area contributed by atoms with Gasteiger partial charge in [-0.1, -0.05) is 24.3 Å². The minimum atomic E-state index is -1.02. The lowest BCUT2D eigenvalue weighted by Gasteiger charge is -2.16. The fourth-order valence-corrected chi connectivity index (χ4v) is 2.34. The summed E-state index contributed by atoms with van der Waals surface area (Å²) in [6, 6.07) is 12.3. The number of para-hydroxylation sites is 3. The standard InChI is InChI=1S/C19H21N3O6/c1-13(28-17-10-6-5-9-16(17)22(25)26)18(23)21-15-8-4-3-7-14(15)19(24)20-11-12-27-2/h3-10,13H,11-12H2,1-2H3,(H,20,24)(H,21,23). The number of nitro benzene ring substituents is 1. The summed E-state index contributed by atoms with van der Waals surface area (Å²) in [7, 11) is 1.53. The number of hydrogen-bond acceptors (Lipinski definition) is 6. The fourth-order valence-electron chi connectivity index (χ4n) is 2.34. The van der Waals surface area contributed by atoms with E-state index in [9.17, 15) is 19.7 Å². The van der Waals surface area contributed by atoms with Crippen LogP contribution in [-0.2, 0) is 9.53 Å². The highest BCUT2D eigenvalue weighted by molar-refractivity contribution is 6.04. The Bertz CT molecular complexity index is 855. The highest BCUT2D eigenvalue weighted by atomic mass is 16.6. The minimum Gasteiger partial charge on any atom is -0.474 e. The Morgan fingerprint density at radius 1 is 1.14 bits per heavy atom. The van der Waals surface area contributed by atoms with E-state index in [2.05, 4.69) is 10.6 Å². The maximum atomic E-state index is 12.5. The van der Waals surface area contributed by atoms with E-state index in [0.29, 0.717) is 18.8 Å². The highest BCUT2D eigenvalue weighted by Gasteiger charge is 2.22. The summed E-state index contributed by atoms with van der Waals surface area (Å²) in [6.07, 6.45) is -1.02. The van der Waals surface area contributed by atoms with Crippen LogP contribution in [0.5, 0.6) is 5.75 Å². The molecule has 0 saturated carbocycles. The van der Waals surface area contributed by atoms with Crippen LogP contribution in [0.1, 0.15) is 17.3 Å². The molecule has 0 aromatic heterocycles. The first-order valence-electron chi connectivity index (χ1n) is 8.51. The largest absolute Gasteiger partial charge is 0.474 e. The van der Waals surface area contributed by atoms with Gasteiger partial charge in [-0.05, 0) is 25.1 Å². The number of hydrogen-bond donors (Lipinski definition) is 2. The summed E-state index contributed by atoms with van der Waals surface area (Å²) in [5.41, 5.74) is 0.352. The van der Waals surface area contributed by atoms with Crippen molar-refractivity contribution in [1.82, 2.24) is 5.32 Å². The van der Waals surface area contributed by atoms with Crippen molar-refractivity contribution in [1.29, 1.82) is 0 Å². The van der Waals surface area contributed by atoms with Crippen molar-refractivity contribution in [2.24, 2.45) is 0 Å². The highest BCUT2D eigenvalue weighted by Crippen LogP contribution is 2.27. The molecular formula is C19H21N3O6. The molecule has 2 amide bonds. The van der Waals surface area contributed by atoms with Gasteiger partial charge in [-0.2, -0.15) is 0 Å². The van der Waals surface area contributed by atoms with E-state index < -0.39 is 16.9 Å². The average Bonchev–Trinajstić information content (AvgIpc) is 2.68. The fraction of sp³-hybridized carbons (Fsp3) is 0.263. The van der Waals surface area contributed by atoms with Crippen molar-refractivity contribution in [3.8, 4) is 5.75 Å². The second kappa shape index (κ2) is 10.0. The predicted molar refractivity (Wildman–Crippen MR) is 102 cm³/mol. The third-order valence-corrected chi connectivity index (χ3v) is 3.76. The molecule has 2 aromatic rings. The van der Waals surface area contributed by atoms with Gasteiger partial charge in [-0.25, -0.2) is 0 Å². The number of amides is 2. The molecule has 2 rings (SSSR count). The SMILES string of the molecule is COCCNC(=O)c1ccccc1NC(=O)C(C)Oc1ccccc1[N+](=O)[O-]. The lowest BCUT2D eigenvalue weighted by atomic mass is 10.1. The Morgan fingerprint density at radius 2 is 1.82 bits per heavy atom. The smallest absolute Gasteiger partial charge is 0.310 e. The van der Waals surface area contributed by atoms with Gasteiger partial charge in [-0.15, -0.1) is 0 Å². The monoisotopic (exact) mass is 387 g/mol. The van der Waals surface area contributed by atoms with E-state index in [1.54, 1.807) is 30.3 Å². The van der Waals surface area contributed by atoms with E-state index >= 15 is 0 Å². The van der Waals surface area contributed by atoms with Crippen molar-refractivity contribution in [2.75, 3.05) is 25.6 Å². The molecule has 2 N–H and O–H groups in total. The maximum absolute atomic E-state index is 12.5. The molecular weight excluding hydrogens is 366 g/mol. The molecule has 0 spiro atoms. The molecule has 0 fully saturated rings. The van der Waals surface area contributed by atoms with Gasteiger partial charge in [0.15, 0.2) is 11.9 Å². The summed E-state index contributed by atoms with van der Waals surface area (Å²) in [4.78, 5) is 35.2. The first kappa shape index (κ1) is 20.8. The van der Waals surface area contributed by atoms with Crippen LogP contribution in [0, 0.1) is 10.1 Å². The molecule has 148 valence electrons. The molecule has 1 atom stereocenters. The first-order valence-corrected chi connectivity index (χ1v) is 8.51. The van der Waals surface area contributed by atoms with Gasteiger partial charge >= 0.3 is 5.69 Å². The zero-order chi connectivity index (χ0) is 20.5. The van der Waals surface area contributed by atoms with Crippen molar-refractivity contribution in [2.45, 2.75) is 13.0 Å². The molecule has 2 aromatic carbocycles. The van der Waals surface area contributed by atoms with Crippen LogP contribution in [0.15, 0.2) is 48.5 Å². The van der Waals surface area contributed by atoms with Gasteiger partial charge in [0.1, 0.15) is 0 Å². The van der Waals surface area contributed by atoms with Crippen molar-refractivity contribution in [3.63, 3.8) is 0 Å². The Morgan fingerprint density at radius 3 is 2.54 bits per heavy atom. The second-order valence-corrected chi connectivity index (χ2v) is 5.77. The van der Waals surface area contributed by atoms with Crippen LogP contribution in [0.4, 0.5) is 11.4 Å². The number of nitrogens with zero attached hydrogens (tertiary/aromatic N) is 1. The number of ether oxygens (including phenoxy) is 2. The number of benzene rings is 2. The van der Waals surface area contributed by atoms with Crippen molar-refractivity contribution >= 4 is 23.2 Å². The topological polar surface area (TPSA) is 120 Å². The van der Waals surface area contributed by atoms with Crippen LogP contribution in [0.25, 0.3) is 0 Å². The van der Waals surface area contributed by atoms with E-state index in [1.807, 2.05) is 0 Å². The summed E-state index contributed by atoms with van der Waals surface area (Å²) in [6.45, 7) is 2.16. The van der Waals surface area contributed by atoms with Crippen LogP contribution < -0.4 is 15.4 Å². The van der Waals surface area contributed by atoms with Crippen molar-refractivity contribution < 1.29 is 24.0 Å². The van der Waals surface area contributed by atoms with Crippen LogP contribution in [0.2, 0.25) is 0 Å². The van der Waals surface area contributed by atoms with Crippen molar-refractivity contribution in [3.05, 3.63) is 64.2 Å². The predicted octanol–water partition coefficient (Wildman–Crippen LogP) is 2.38. The van der Waals surface area contributed by atoms with Crippen LogP contribution >= 0.6 is 0 Å². The number of nitrogens with one attached hydrogen (secondary N) is 2. The first-order chi connectivity index (χ1) is 13.4. The summed E-state index contributed by atoms with van der Waals surface area (Å²) in [5, 5.41) is 16.4. The number of carbonyl (C=O) groups is 2. The van der Waals surface area contributed by atoms with Gasteiger partial charge in [-0.3, -0.25) is 19.7 Å². The molecule has 0 aliphatic carbocycles. The normalized spacial score (nSPS) is 11.4. The quantitative estimate of drug-likeness (QED) is 0.387. The van der Waals surface area contributed by atoms with Gasteiger partial charge in [0.25, 0.3) is 11.8 Å². The zero-order valence-electron chi connectivity index (χ0n) is 15.5. The number of rotatable bonds is 9. The average molecular weight is 387 g/mol. The Kier molecular flexibility index (Phi) is 7.46. The Balaban J connectivity index is 2.09. The van der Waals surface area contributed by atoms with Gasteiger partial charge < -0.3 is 20.1 Å². The van der Waals surface area contributed by atoms with Crippen LogP contribution in [-0.4, -0.2) is 43.1 Å².